The summed E-state index contributed by atoms with van der Waals surface area (Å²) in [6.45, 7) is 7.30. The first-order valence-corrected chi connectivity index (χ1v) is 6.95. The highest BCUT2D eigenvalue weighted by atomic mass is 15.2. The van der Waals surface area contributed by atoms with Crippen LogP contribution in [0.15, 0.2) is 25.0 Å². The molecule has 0 amide bonds. The van der Waals surface area contributed by atoms with Crippen molar-refractivity contribution in [1.82, 2.24) is 9.97 Å². The maximum atomic E-state index is 5.66. The zero-order valence-electron chi connectivity index (χ0n) is 11.4. The number of aromatic nitrogens is 2. The Hall–Kier alpha value is -1.62. The van der Waals surface area contributed by atoms with E-state index >= 15 is 0 Å². The summed E-state index contributed by atoms with van der Waals surface area (Å²) < 4.78 is 0. The van der Waals surface area contributed by atoms with Gasteiger partial charge in [-0.25, -0.2) is 9.97 Å². The van der Waals surface area contributed by atoms with E-state index in [0.29, 0.717) is 12.5 Å². The Kier molecular flexibility index (Phi) is 5.15. The number of nitrogens with one attached hydrogen (secondary N) is 1. The van der Waals surface area contributed by atoms with Crippen molar-refractivity contribution in [2.45, 2.75) is 19.3 Å². The molecule has 1 aromatic heterocycles. The molecule has 0 radical (unpaired) electrons. The van der Waals surface area contributed by atoms with Gasteiger partial charge in [0.1, 0.15) is 18.0 Å². The monoisotopic (exact) mass is 261 g/mol. The highest BCUT2D eigenvalue weighted by Crippen LogP contribution is 2.24. The molecule has 1 aliphatic heterocycles. The predicted octanol–water partition coefficient (Wildman–Crippen LogP) is 1.64. The predicted molar refractivity (Wildman–Crippen MR) is 79.3 cm³/mol. The number of rotatable bonds is 6. The second-order valence-electron chi connectivity index (χ2n) is 4.96. The summed E-state index contributed by atoms with van der Waals surface area (Å²) in [5.74, 6) is 2.55. The third-order valence-electron chi connectivity index (χ3n) is 3.50. The average Bonchev–Trinajstić information content (AvgIpc) is 2.46. The van der Waals surface area contributed by atoms with E-state index in [0.717, 1.165) is 37.7 Å². The highest BCUT2D eigenvalue weighted by Gasteiger charge is 2.20. The fraction of sp³-hybridized carbons (Fsp3) is 0.571. The quantitative estimate of drug-likeness (QED) is 0.762. The highest BCUT2D eigenvalue weighted by molar-refractivity contribution is 5.48. The standard InChI is InChI=1S/C14H23N5/c1-2-7-16-13-9-14(18-11-17-13)19-8-3-4-12(10-19)5-6-15/h2,9,11-12H,1,3-8,10,15H2,(H,16,17,18). The van der Waals surface area contributed by atoms with Crippen molar-refractivity contribution in [2.24, 2.45) is 11.7 Å². The molecule has 2 rings (SSSR count). The Labute approximate surface area is 114 Å². The Bertz CT molecular complexity index is 405. The molecule has 0 spiro atoms. The summed E-state index contributed by atoms with van der Waals surface area (Å²) in [7, 11) is 0. The van der Waals surface area contributed by atoms with Crippen molar-refractivity contribution < 1.29 is 0 Å². The van der Waals surface area contributed by atoms with Crippen LogP contribution in [0.5, 0.6) is 0 Å². The van der Waals surface area contributed by atoms with Gasteiger partial charge in [-0.05, 0) is 31.7 Å². The van der Waals surface area contributed by atoms with Gasteiger partial charge < -0.3 is 16.0 Å². The number of hydrogen-bond acceptors (Lipinski definition) is 5. The molecule has 104 valence electrons. The molecule has 5 heteroatoms. The zero-order chi connectivity index (χ0) is 13.5. The minimum Gasteiger partial charge on any atom is -0.366 e. The van der Waals surface area contributed by atoms with Crippen LogP contribution in [0.3, 0.4) is 0 Å². The minimum absolute atomic E-state index is 0.693. The van der Waals surface area contributed by atoms with Gasteiger partial charge in [0.2, 0.25) is 0 Å². The van der Waals surface area contributed by atoms with E-state index in [4.69, 9.17) is 5.73 Å². The maximum absolute atomic E-state index is 5.66. The molecular weight excluding hydrogens is 238 g/mol. The molecule has 1 aliphatic rings. The molecular formula is C14H23N5. The van der Waals surface area contributed by atoms with E-state index in [1.807, 2.05) is 12.1 Å². The Balaban J connectivity index is 2.01. The normalized spacial score (nSPS) is 19.2. The van der Waals surface area contributed by atoms with Gasteiger partial charge >= 0.3 is 0 Å². The molecule has 2 heterocycles. The summed E-state index contributed by atoms with van der Waals surface area (Å²) in [5.41, 5.74) is 5.66. The van der Waals surface area contributed by atoms with Crippen molar-refractivity contribution in [2.75, 3.05) is 36.4 Å². The van der Waals surface area contributed by atoms with Crippen LogP contribution in [0, 0.1) is 5.92 Å². The lowest BCUT2D eigenvalue weighted by molar-refractivity contribution is 0.394. The largest absolute Gasteiger partial charge is 0.366 e. The second-order valence-corrected chi connectivity index (χ2v) is 4.96. The van der Waals surface area contributed by atoms with Crippen LogP contribution in [-0.2, 0) is 0 Å². The third-order valence-corrected chi connectivity index (χ3v) is 3.50. The van der Waals surface area contributed by atoms with Gasteiger partial charge in [0.25, 0.3) is 0 Å². The molecule has 1 aromatic rings. The molecule has 1 fully saturated rings. The summed E-state index contributed by atoms with van der Waals surface area (Å²) in [5, 5.41) is 3.19. The van der Waals surface area contributed by atoms with Crippen LogP contribution in [-0.4, -0.2) is 36.1 Å². The first-order chi connectivity index (χ1) is 9.33. The Morgan fingerprint density at radius 3 is 3.21 bits per heavy atom. The molecule has 1 unspecified atom stereocenters. The van der Waals surface area contributed by atoms with Gasteiger partial charge in [-0.1, -0.05) is 6.08 Å². The van der Waals surface area contributed by atoms with E-state index in [2.05, 4.69) is 26.8 Å². The second kappa shape index (κ2) is 7.09. The van der Waals surface area contributed by atoms with Crippen LogP contribution in [0.2, 0.25) is 0 Å². The number of nitrogens with zero attached hydrogens (tertiary/aromatic N) is 3. The SMILES string of the molecule is C=CCNc1cc(N2CCCC(CCN)C2)ncn1. The molecule has 0 saturated carbocycles. The topological polar surface area (TPSA) is 67.1 Å². The lowest BCUT2D eigenvalue weighted by Gasteiger charge is -2.33. The molecule has 3 N–H and O–H groups in total. The summed E-state index contributed by atoms with van der Waals surface area (Å²) in [6, 6.07) is 2.01. The van der Waals surface area contributed by atoms with Gasteiger partial charge in [-0.2, -0.15) is 0 Å². The van der Waals surface area contributed by atoms with Crippen LogP contribution < -0.4 is 16.0 Å². The van der Waals surface area contributed by atoms with Crippen molar-refractivity contribution in [3.8, 4) is 0 Å². The molecule has 19 heavy (non-hydrogen) atoms. The summed E-state index contributed by atoms with van der Waals surface area (Å²) >= 11 is 0. The Morgan fingerprint density at radius 2 is 2.42 bits per heavy atom. The van der Waals surface area contributed by atoms with Crippen LogP contribution in [0.1, 0.15) is 19.3 Å². The van der Waals surface area contributed by atoms with Crippen LogP contribution in [0.4, 0.5) is 11.6 Å². The van der Waals surface area contributed by atoms with E-state index in [-0.39, 0.29) is 0 Å². The lowest BCUT2D eigenvalue weighted by Crippen LogP contribution is -2.36. The number of anilines is 2. The Morgan fingerprint density at radius 1 is 1.53 bits per heavy atom. The van der Waals surface area contributed by atoms with Gasteiger partial charge in [-0.3, -0.25) is 0 Å². The van der Waals surface area contributed by atoms with E-state index < -0.39 is 0 Å². The van der Waals surface area contributed by atoms with Crippen molar-refractivity contribution in [3.05, 3.63) is 25.0 Å². The number of nitrogens with two attached hydrogens (primary N) is 1. The fourth-order valence-corrected chi connectivity index (χ4v) is 2.54. The zero-order valence-corrected chi connectivity index (χ0v) is 11.4. The van der Waals surface area contributed by atoms with Crippen LogP contribution >= 0.6 is 0 Å². The first-order valence-electron chi connectivity index (χ1n) is 6.95. The van der Waals surface area contributed by atoms with Gasteiger partial charge in [0.15, 0.2) is 0 Å². The summed E-state index contributed by atoms with van der Waals surface area (Å²) in [4.78, 5) is 10.9. The first kappa shape index (κ1) is 13.8. The van der Waals surface area contributed by atoms with Crippen molar-refractivity contribution in [1.29, 1.82) is 0 Å². The smallest absolute Gasteiger partial charge is 0.134 e. The molecule has 1 atom stereocenters. The maximum Gasteiger partial charge on any atom is 0.134 e. The summed E-state index contributed by atoms with van der Waals surface area (Å²) in [6.07, 6.45) is 7.03. The molecule has 5 nitrogen and oxygen atoms in total. The van der Waals surface area contributed by atoms with Gasteiger partial charge in [0.05, 0.1) is 0 Å². The average molecular weight is 261 g/mol. The molecule has 0 aromatic carbocycles. The fourth-order valence-electron chi connectivity index (χ4n) is 2.54. The molecule has 0 bridgehead atoms. The lowest BCUT2D eigenvalue weighted by atomic mass is 9.95. The van der Waals surface area contributed by atoms with Gasteiger partial charge in [-0.15, -0.1) is 6.58 Å². The van der Waals surface area contributed by atoms with Crippen molar-refractivity contribution >= 4 is 11.6 Å². The third kappa shape index (κ3) is 3.92. The number of piperidine rings is 1. The van der Waals surface area contributed by atoms with E-state index in [9.17, 15) is 0 Å². The van der Waals surface area contributed by atoms with Gasteiger partial charge in [0, 0.05) is 25.7 Å². The van der Waals surface area contributed by atoms with Crippen LogP contribution in [0.25, 0.3) is 0 Å². The molecule has 1 saturated heterocycles. The van der Waals surface area contributed by atoms with E-state index in [1.54, 1.807) is 6.33 Å². The van der Waals surface area contributed by atoms with Crippen molar-refractivity contribution in [3.63, 3.8) is 0 Å². The minimum atomic E-state index is 0.693. The molecule has 0 aliphatic carbocycles. The van der Waals surface area contributed by atoms with E-state index in [1.165, 1.54) is 12.8 Å². The number of hydrogen-bond donors (Lipinski definition) is 2.